The molecule has 2 aromatic carbocycles. The van der Waals surface area contributed by atoms with E-state index in [0.29, 0.717) is 19.1 Å². The Labute approximate surface area is 142 Å². The molecule has 0 unspecified atom stereocenters. The zero-order valence-electron chi connectivity index (χ0n) is 14.4. The molecule has 4 heteroatoms. The molecule has 0 aliphatic heterocycles. The zero-order chi connectivity index (χ0) is 16.9. The Morgan fingerprint density at radius 2 is 1.92 bits per heavy atom. The van der Waals surface area contributed by atoms with Gasteiger partial charge in [-0.1, -0.05) is 38.1 Å². The molecular formula is C20H23N3O. The van der Waals surface area contributed by atoms with Crippen LogP contribution in [0.3, 0.4) is 0 Å². The Morgan fingerprint density at radius 3 is 2.71 bits per heavy atom. The van der Waals surface area contributed by atoms with Crippen molar-refractivity contribution in [2.45, 2.75) is 26.7 Å². The van der Waals surface area contributed by atoms with Crippen LogP contribution >= 0.6 is 0 Å². The van der Waals surface area contributed by atoms with Crippen LogP contribution in [0.4, 0.5) is 5.82 Å². The van der Waals surface area contributed by atoms with E-state index < -0.39 is 0 Å². The number of para-hydroxylation sites is 1. The van der Waals surface area contributed by atoms with Crippen molar-refractivity contribution in [1.82, 2.24) is 9.97 Å². The van der Waals surface area contributed by atoms with E-state index >= 15 is 0 Å². The highest BCUT2D eigenvalue weighted by atomic mass is 16.5. The van der Waals surface area contributed by atoms with Crippen LogP contribution in [0.25, 0.3) is 10.9 Å². The second kappa shape index (κ2) is 7.30. The maximum absolute atomic E-state index is 5.83. The summed E-state index contributed by atoms with van der Waals surface area (Å²) in [6.45, 7) is 7.70. The lowest BCUT2D eigenvalue weighted by molar-refractivity contribution is 0.330. The van der Waals surface area contributed by atoms with Crippen LogP contribution < -0.4 is 10.1 Å². The molecule has 4 nitrogen and oxygen atoms in total. The van der Waals surface area contributed by atoms with E-state index in [-0.39, 0.29) is 0 Å². The lowest BCUT2D eigenvalue weighted by atomic mass is 10.0. The highest BCUT2D eigenvalue weighted by Gasteiger charge is 2.07. The van der Waals surface area contributed by atoms with Crippen LogP contribution in [0.5, 0.6) is 5.75 Å². The molecule has 3 rings (SSSR count). The number of fused-ring (bicyclic) bond motifs is 1. The molecule has 0 radical (unpaired) electrons. The highest BCUT2D eigenvalue weighted by molar-refractivity contribution is 5.89. The Morgan fingerprint density at radius 1 is 1.08 bits per heavy atom. The number of hydrogen-bond donors (Lipinski definition) is 1. The third-order valence-electron chi connectivity index (χ3n) is 4.07. The molecule has 0 aliphatic rings. The van der Waals surface area contributed by atoms with Gasteiger partial charge in [-0.25, -0.2) is 9.97 Å². The first-order chi connectivity index (χ1) is 11.6. The van der Waals surface area contributed by atoms with E-state index in [1.165, 1.54) is 5.56 Å². The summed E-state index contributed by atoms with van der Waals surface area (Å²) in [6, 6.07) is 14.4. The summed E-state index contributed by atoms with van der Waals surface area (Å²) in [5.41, 5.74) is 3.39. The van der Waals surface area contributed by atoms with Gasteiger partial charge in [0, 0.05) is 5.39 Å². The second-order valence-corrected chi connectivity index (χ2v) is 6.19. The fourth-order valence-corrected chi connectivity index (χ4v) is 2.62. The number of aryl methyl sites for hydroxylation is 1. The molecule has 0 aliphatic carbocycles. The quantitative estimate of drug-likeness (QED) is 0.676. The number of nitrogens with one attached hydrogen (secondary N) is 1. The minimum atomic E-state index is 0.479. The van der Waals surface area contributed by atoms with Crippen LogP contribution in [-0.4, -0.2) is 23.1 Å². The summed E-state index contributed by atoms with van der Waals surface area (Å²) in [5.74, 6) is 2.26. The summed E-state index contributed by atoms with van der Waals surface area (Å²) < 4.78 is 5.83. The maximum atomic E-state index is 5.83. The van der Waals surface area contributed by atoms with Gasteiger partial charge in [0.05, 0.1) is 12.1 Å². The molecule has 0 bridgehead atoms. The van der Waals surface area contributed by atoms with Crippen molar-refractivity contribution in [3.8, 4) is 5.75 Å². The van der Waals surface area contributed by atoms with Crippen LogP contribution in [-0.2, 0) is 0 Å². The Balaban J connectivity index is 1.68. The number of nitrogens with zero attached hydrogens (tertiary/aromatic N) is 2. The van der Waals surface area contributed by atoms with Gasteiger partial charge in [-0.15, -0.1) is 0 Å². The predicted molar refractivity (Wildman–Crippen MR) is 98.8 cm³/mol. The van der Waals surface area contributed by atoms with Gasteiger partial charge in [-0.05, 0) is 42.2 Å². The van der Waals surface area contributed by atoms with Crippen LogP contribution in [0.1, 0.15) is 30.9 Å². The molecule has 3 aromatic rings. The van der Waals surface area contributed by atoms with E-state index in [0.717, 1.165) is 28.0 Å². The molecule has 0 amide bonds. The molecule has 1 aromatic heterocycles. The third kappa shape index (κ3) is 3.65. The summed E-state index contributed by atoms with van der Waals surface area (Å²) in [7, 11) is 0. The van der Waals surface area contributed by atoms with Crippen molar-refractivity contribution in [2.24, 2.45) is 0 Å². The molecular weight excluding hydrogens is 298 g/mol. The summed E-state index contributed by atoms with van der Waals surface area (Å²) in [6.07, 6.45) is 1.60. The zero-order valence-corrected chi connectivity index (χ0v) is 14.4. The number of benzene rings is 2. The molecule has 0 atom stereocenters. The van der Waals surface area contributed by atoms with Crippen molar-refractivity contribution in [3.63, 3.8) is 0 Å². The number of aromatic nitrogens is 2. The highest BCUT2D eigenvalue weighted by Crippen LogP contribution is 2.24. The third-order valence-corrected chi connectivity index (χ3v) is 4.07. The van der Waals surface area contributed by atoms with Crippen molar-refractivity contribution in [2.75, 3.05) is 18.5 Å². The second-order valence-electron chi connectivity index (χ2n) is 6.19. The molecule has 24 heavy (non-hydrogen) atoms. The van der Waals surface area contributed by atoms with Crippen molar-refractivity contribution in [1.29, 1.82) is 0 Å². The molecule has 0 fully saturated rings. The van der Waals surface area contributed by atoms with Crippen LogP contribution in [0, 0.1) is 6.92 Å². The molecule has 0 saturated heterocycles. The topological polar surface area (TPSA) is 47.0 Å². The Kier molecular flexibility index (Phi) is 4.94. The number of anilines is 1. The summed E-state index contributed by atoms with van der Waals surface area (Å²) >= 11 is 0. The summed E-state index contributed by atoms with van der Waals surface area (Å²) in [5, 5.41) is 4.42. The van der Waals surface area contributed by atoms with Gasteiger partial charge in [-0.3, -0.25) is 0 Å². The smallest absolute Gasteiger partial charge is 0.137 e. The van der Waals surface area contributed by atoms with E-state index in [1.54, 1.807) is 6.33 Å². The average Bonchev–Trinajstić information content (AvgIpc) is 2.59. The van der Waals surface area contributed by atoms with Crippen molar-refractivity contribution >= 4 is 16.7 Å². The normalized spacial score (nSPS) is 11.0. The average molecular weight is 321 g/mol. The standard InChI is InChI=1S/C20H23N3O/c1-14(2)16-8-9-18-17(12-16)20(23-13-22-18)21-10-11-24-19-7-5-4-6-15(19)3/h4-9,12-14H,10-11H2,1-3H3,(H,21,22,23). The van der Waals surface area contributed by atoms with Gasteiger partial charge in [0.2, 0.25) is 0 Å². The molecule has 1 N–H and O–H groups in total. The van der Waals surface area contributed by atoms with Crippen LogP contribution in [0.15, 0.2) is 48.8 Å². The van der Waals surface area contributed by atoms with Gasteiger partial charge in [0.1, 0.15) is 24.5 Å². The molecule has 0 spiro atoms. The number of rotatable bonds is 6. The summed E-state index contributed by atoms with van der Waals surface area (Å²) in [4.78, 5) is 8.74. The maximum Gasteiger partial charge on any atom is 0.137 e. The van der Waals surface area contributed by atoms with Gasteiger partial charge in [-0.2, -0.15) is 0 Å². The SMILES string of the molecule is Cc1ccccc1OCCNc1ncnc2ccc(C(C)C)cc12. The monoisotopic (exact) mass is 321 g/mol. The number of hydrogen-bond acceptors (Lipinski definition) is 4. The Hall–Kier alpha value is -2.62. The fourth-order valence-electron chi connectivity index (χ4n) is 2.62. The van der Waals surface area contributed by atoms with E-state index in [2.05, 4.69) is 47.3 Å². The molecule has 1 heterocycles. The Bertz CT molecular complexity index is 830. The van der Waals surface area contributed by atoms with Gasteiger partial charge in [0.25, 0.3) is 0 Å². The lowest BCUT2D eigenvalue weighted by Crippen LogP contribution is -2.13. The molecule has 124 valence electrons. The van der Waals surface area contributed by atoms with Gasteiger partial charge < -0.3 is 10.1 Å². The van der Waals surface area contributed by atoms with E-state index in [4.69, 9.17) is 4.74 Å². The first-order valence-electron chi connectivity index (χ1n) is 8.32. The van der Waals surface area contributed by atoms with Gasteiger partial charge >= 0.3 is 0 Å². The van der Waals surface area contributed by atoms with Crippen LogP contribution in [0.2, 0.25) is 0 Å². The first kappa shape index (κ1) is 16.2. The first-order valence-corrected chi connectivity index (χ1v) is 8.32. The van der Waals surface area contributed by atoms with E-state index in [9.17, 15) is 0 Å². The minimum absolute atomic E-state index is 0.479. The van der Waals surface area contributed by atoms with Crippen molar-refractivity contribution in [3.05, 3.63) is 59.9 Å². The predicted octanol–water partition coefficient (Wildman–Crippen LogP) is 4.55. The lowest BCUT2D eigenvalue weighted by Gasteiger charge is -2.12. The molecule has 0 saturated carbocycles. The minimum Gasteiger partial charge on any atom is -0.491 e. The van der Waals surface area contributed by atoms with Crippen molar-refractivity contribution < 1.29 is 4.74 Å². The van der Waals surface area contributed by atoms with Gasteiger partial charge in [0.15, 0.2) is 0 Å². The largest absolute Gasteiger partial charge is 0.491 e. The number of ether oxygens (including phenoxy) is 1. The van der Waals surface area contributed by atoms with E-state index in [1.807, 2.05) is 31.2 Å². The fraction of sp³-hybridized carbons (Fsp3) is 0.300.